The molecule has 0 aliphatic carbocycles. The second-order valence-corrected chi connectivity index (χ2v) is 2.54. The summed E-state index contributed by atoms with van der Waals surface area (Å²) in [5, 5.41) is 0. The number of hydrogen-bond acceptors (Lipinski definition) is 1. The Labute approximate surface area is 41.2 Å². The van der Waals surface area contributed by atoms with Crippen LogP contribution in [0, 0.1) is 0 Å². The Morgan fingerprint density at radius 1 is 1.50 bits per heavy atom. The van der Waals surface area contributed by atoms with Gasteiger partial charge in [0.2, 0.25) is 0 Å². The summed E-state index contributed by atoms with van der Waals surface area (Å²) in [7, 11) is 0. The van der Waals surface area contributed by atoms with Crippen molar-refractivity contribution in [3.8, 4) is 0 Å². The van der Waals surface area contributed by atoms with Gasteiger partial charge in [-0.3, -0.25) is 0 Å². The zero-order valence-corrected chi connectivity index (χ0v) is 4.82. The molecule has 0 atom stereocenters. The zero-order chi connectivity index (χ0) is 2.99. The van der Waals surface area contributed by atoms with Crippen LogP contribution in [0.4, 0.5) is 0 Å². The van der Waals surface area contributed by atoms with Crippen molar-refractivity contribution >= 4 is 0 Å². The predicted molar refractivity (Wildman–Crippen MR) is 11.6 cm³/mol. The molecule has 0 unspecified atom stereocenters. The molecule has 0 aromatic rings. The van der Waals surface area contributed by atoms with Crippen LogP contribution in [0.3, 0.4) is 0 Å². The van der Waals surface area contributed by atoms with E-state index in [9.17, 15) is 0 Å². The third kappa shape index (κ3) is 0.654. The van der Waals surface area contributed by atoms with E-state index in [1.165, 1.54) is 13.1 Å². The van der Waals surface area contributed by atoms with Gasteiger partial charge in [0.25, 0.3) is 0 Å². The predicted octanol–water partition coefficient (Wildman–Crippen LogP) is -0.236. The maximum atomic E-state index is 2.34. The number of rotatable bonds is 0. The fourth-order valence-corrected chi connectivity index (χ4v) is 0.296. The van der Waals surface area contributed by atoms with Crippen molar-refractivity contribution in [2.24, 2.45) is 0 Å². The summed E-state index contributed by atoms with van der Waals surface area (Å²) in [5.41, 5.74) is 0. The second-order valence-electron chi connectivity index (χ2n) is 0.987. The molecule has 0 radical (unpaired) electrons. The van der Waals surface area contributed by atoms with E-state index in [0.717, 1.165) is 0 Å². The summed E-state index contributed by atoms with van der Waals surface area (Å²) in [6.45, 7) is 2.72. The fourth-order valence-electron chi connectivity index (χ4n) is 0.0500. The molecule has 0 aromatic heterocycles. The van der Waals surface area contributed by atoms with Gasteiger partial charge in [-0.1, -0.05) is 0 Å². The van der Waals surface area contributed by atoms with Gasteiger partial charge in [0.05, 0.1) is 0 Å². The Balaban J connectivity index is 2.17. The van der Waals surface area contributed by atoms with E-state index in [0.29, 0.717) is 0 Å². The van der Waals surface area contributed by atoms with E-state index < -0.39 is 0 Å². The Kier molecular flexibility index (Phi) is 0.694. The van der Waals surface area contributed by atoms with Crippen LogP contribution >= 0.6 is 0 Å². The summed E-state index contributed by atoms with van der Waals surface area (Å²) >= 11 is 1.58. The first-order valence-electron chi connectivity index (χ1n) is 1.36. The molecule has 0 saturated carbocycles. The van der Waals surface area contributed by atoms with Crippen molar-refractivity contribution in [3.05, 3.63) is 0 Å². The van der Waals surface area contributed by atoms with E-state index in [4.69, 9.17) is 0 Å². The van der Waals surface area contributed by atoms with Crippen molar-refractivity contribution in [1.29, 1.82) is 0 Å². The molecule has 0 N–H and O–H groups in total. The first-order chi connectivity index (χ1) is 1.89. The van der Waals surface area contributed by atoms with Gasteiger partial charge in [-0.2, -0.15) is 0 Å². The molecule has 0 amide bonds. The van der Waals surface area contributed by atoms with Crippen LogP contribution in [-0.4, -0.2) is 15.9 Å². The van der Waals surface area contributed by atoms with Crippen molar-refractivity contribution in [2.45, 2.75) is 0 Å². The van der Waals surface area contributed by atoms with Crippen LogP contribution in [0.25, 0.3) is 0 Å². The zero-order valence-electron chi connectivity index (χ0n) is 2.36. The fraction of sp³-hybridized carbons (Fsp3) is 1.00. The maximum absolute atomic E-state index is 2.34. The van der Waals surface area contributed by atoms with E-state index >= 15 is 0 Å². The standard InChI is InChI=1S/C2H4N.Zr/c1-2-3-1;/h1-2H2;/q-1;+1. The summed E-state index contributed by atoms with van der Waals surface area (Å²) in [6, 6.07) is 0. The Hall–Kier alpha value is 0.843. The molecular formula is C2H4NZr. The molecule has 1 aliphatic rings. The van der Waals surface area contributed by atoms with Crippen molar-refractivity contribution in [2.75, 3.05) is 13.1 Å². The second kappa shape index (κ2) is 0.910. The quantitative estimate of drug-likeness (QED) is 0.412. The normalized spacial score (nSPS) is 25.8. The molecule has 2 heteroatoms. The third-order valence-electron chi connectivity index (χ3n) is 0.447. The minimum atomic E-state index is 1.36. The molecule has 1 aliphatic heterocycles. The van der Waals surface area contributed by atoms with Crippen molar-refractivity contribution in [3.63, 3.8) is 0 Å². The van der Waals surface area contributed by atoms with Crippen molar-refractivity contribution in [1.82, 2.24) is 2.84 Å². The van der Waals surface area contributed by atoms with E-state index in [-0.39, 0.29) is 0 Å². The van der Waals surface area contributed by atoms with Gasteiger partial charge in [-0.05, 0) is 0 Å². The van der Waals surface area contributed by atoms with Crippen LogP contribution in [0.1, 0.15) is 0 Å². The average molecular weight is 133 g/mol. The van der Waals surface area contributed by atoms with E-state index in [2.05, 4.69) is 2.84 Å². The summed E-state index contributed by atoms with van der Waals surface area (Å²) < 4.78 is 2.34. The monoisotopic (exact) mass is 132 g/mol. The van der Waals surface area contributed by atoms with Crippen LogP contribution in [0.5, 0.6) is 0 Å². The van der Waals surface area contributed by atoms with Gasteiger partial charge in [0.15, 0.2) is 0 Å². The molecule has 1 rings (SSSR count). The van der Waals surface area contributed by atoms with Crippen LogP contribution < -0.4 is 0 Å². The average Bonchev–Trinajstić information content (AvgIpc) is 1.75. The molecule has 1 fully saturated rings. The third-order valence-corrected chi connectivity index (χ3v) is 1.55. The minimum absolute atomic E-state index is 1.36. The Morgan fingerprint density at radius 3 is 1.75 bits per heavy atom. The van der Waals surface area contributed by atoms with Gasteiger partial charge < -0.3 is 0 Å². The molecule has 1 saturated heterocycles. The number of hydrogen-bond donors (Lipinski definition) is 0. The first kappa shape index (κ1) is 3.05. The van der Waals surface area contributed by atoms with Gasteiger partial charge in [0, 0.05) is 0 Å². The molecule has 21 valence electrons. The van der Waals surface area contributed by atoms with Gasteiger partial charge in [0.1, 0.15) is 0 Å². The molecule has 0 bridgehead atoms. The van der Waals surface area contributed by atoms with Gasteiger partial charge in [-0.25, -0.2) is 0 Å². The van der Waals surface area contributed by atoms with E-state index in [1.54, 1.807) is 25.0 Å². The molecule has 0 spiro atoms. The SMILES string of the molecule is [Zr][N]1CC1. The van der Waals surface area contributed by atoms with Crippen LogP contribution in [0.15, 0.2) is 0 Å². The van der Waals surface area contributed by atoms with Gasteiger partial charge >= 0.3 is 40.9 Å². The Morgan fingerprint density at radius 2 is 1.75 bits per heavy atom. The number of nitrogens with zero attached hydrogens (tertiary/aromatic N) is 1. The van der Waals surface area contributed by atoms with Gasteiger partial charge in [-0.15, -0.1) is 0 Å². The van der Waals surface area contributed by atoms with E-state index in [1.807, 2.05) is 0 Å². The van der Waals surface area contributed by atoms with Crippen LogP contribution in [0.2, 0.25) is 0 Å². The van der Waals surface area contributed by atoms with Crippen LogP contribution in [-0.2, 0) is 25.0 Å². The van der Waals surface area contributed by atoms with Crippen molar-refractivity contribution < 1.29 is 25.0 Å². The summed E-state index contributed by atoms with van der Waals surface area (Å²) in [6.07, 6.45) is 0. The molecule has 4 heavy (non-hydrogen) atoms. The topological polar surface area (TPSA) is 3.01 Å². The first-order valence-corrected chi connectivity index (χ1v) is 2.46. The molecule has 1 nitrogen and oxygen atoms in total. The Bertz CT molecular complexity index is 25.2. The molecule has 1 heterocycles. The summed E-state index contributed by atoms with van der Waals surface area (Å²) in [4.78, 5) is 0. The molecular weight excluding hydrogens is 129 g/mol. The molecule has 0 aromatic carbocycles. The summed E-state index contributed by atoms with van der Waals surface area (Å²) in [5.74, 6) is 0.